The summed E-state index contributed by atoms with van der Waals surface area (Å²) in [5.74, 6) is -0.412. The Bertz CT molecular complexity index is 225. The molecule has 0 amide bonds. The maximum absolute atomic E-state index is 12.4. The summed E-state index contributed by atoms with van der Waals surface area (Å²) < 4.78 is 29.7. The molecule has 0 aromatic rings. The number of unbranched alkanes of at least 4 members (excludes halogenated alkanes) is 1. The van der Waals surface area contributed by atoms with Crippen molar-refractivity contribution in [2.24, 2.45) is 0 Å². The maximum Gasteiger partial charge on any atom is 0.330 e. The van der Waals surface area contributed by atoms with Gasteiger partial charge in [0.2, 0.25) is 0 Å². The van der Waals surface area contributed by atoms with Crippen molar-refractivity contribution in [1.29, 1.82) is 0 Å². The summed E-state index contributed by atoms with van der Waals surface area (Å²) in [6.07, 6.45) is 4.23. The zero-order valence-corrected chi connectivity index (χ0v) is 10.6. The molecular formula is C13H22F2O2. The highest BCUT2D eigenvalue weighted by Crippen LogP contribution is 2.04. The lowest BCUT2D eigenvalue weighted by molar-refractivity contribution is -0.137. The Morgan fingerprint density at radius 3 is 2.35 bits per heavy atom. The standard InChI is InChI=1S/C13H22F2O2/c1-11(14)7-4-3-5-9-13(16)17-10-6-8-12(2)15/h5,9,11-12H,3-4,6-8,10H2,1-2H3/b9-5+. The first-order valence-electron chi connectivity index (χ1n) is 6.13. The summed E-state index contributed by atoms with van der Waals surface area (Å²) in [7, 11) is 0. The Morgan fingerprint density at radius 2 is 1.76 bits per heavy atom. The number of halogens is 2. The third-order valence-corrected chi connectivity index (χ3v) is 2.22. The van der Waals surface area contributed by atoms with Crippen LogP contribution in [0.3, 0.4) is 0 Å². The quantitative estimate of drug-likeness (QED) is 0.353. The van der Waals surface area contributed by atoms with E-state index >= 15 is 0 Å². The fourth-order valence-corrected chi connectivity index (χ4v) is 1.28. The highest BCUT2D eigenvalue weighted by Gasteiger charge is 2.00. The topological polar surface area (TPSA) is 26.3 Å². The number of alkyl halides is 2. The average molecular weight is 248 g/mol. The third-order valence-electron chi connectivity index (χ3n) is 2.22. The van der Waals surface area contributed by atoms with Crippen molar-refractivity contribution < 1.29 is 18.3 Å². The highest BCUT2D eigenvalue weighted by molar-refractivity contribution is 5.81. The van der Waals surface area contributed by atoms with Gasteiger partial charge in [-0.25, -0.2) is 13.6 Å². The molecule has 0 N–H and O–H groups in total. The molecule has 0 saturated carbocycles. The Balaban J connectivity index is 3.41. The van der Waals surface area contributed by atoms with Gasteiger partial charge in [-0.05, 0) is 46.0 Å². The molecule has 2 atom stereocenters. The van der Waals surface area contributed by atoms with E-state index in [0.717, 1.165) is 6.42 Å². The number of allylic oxidation sites excluding steroid dienone is 1. The minimum Gasteiger partial charge on any atom is -0.463 e. The van der Waals surface area contributed by atoms with Gasteiger partial charge in [0, 0.05) is 6.08 Å². The molecule has 0 heterocycles. The average Bonchev–Trinajstić information content (AvgIpc) is 2.23. The second-order valence-corrected chi connectivity index (χ2v) is 4.20. The molecule has 0 aromatic heterocycles. The molecule has 0 bridgehead atoms. The van der Waals surface area contributed by atoms with Gasteiger partial charge in [-0.2, -0.15) is 0 Å². The summed E-state index contributed by atoms with van der Waals surface area (Å²) in [4.78, 5) is 11.1. The van der Waals surface area contributed by atoms with Gasteiger partial charge in [-0.1, -0.05) is 6.08 Å². The number of hydrogen-bond donors (Lipinski definition) is 0. The van der Waals surface area contributed by atoms with E-state index in [1.54, 1.807) is 6.08 Å². The molecule has 2 unspecified atom stereocenters. The lowest BCUT2D eigenvalue weighted by atomic mass is 10.2. The van der Waals surface area contributed by atoms with Crippen LogP contribution >= 0.6 is 0 Å². The predicted molar refractivity (Wildman–Crippen MR) is 64.3 cm³/mol. The smallest absolute Gasteiger partial charge is 0.330 e. The zero-order chi connectivity index (χ0) is 13.1. The molecule has 0 rings (SSSR count). The highest BCUT2D eigenvalue weighted by atomic mass is 19.1. The number of ether oxygens (including phenoxy) is 1. The van der Waals surface area contributed by atoms with Crippen molar-refractivity contribution in [2.75, 3.05) is 6.61 Å². The van der Waals surface area contributed by atoms with E-state index in [-0.39, 0.29) is 6.61 Å². The number of rotatable bonds is 9. The minimum atomic E-state index is -0.855. The number of carbonyl (C=O) groups excluding carboxylic acids is 1. The molecule has 0 aliphatic carbocycles. The van der Waals surface area contributed by atoms with Gasteiger partial charge >= 0.3 is 5.97 Å². The van der Waals surface area contributed by atoms with Crippen molar-refractivity contribution >= 4 is 5.97 Å². The number of esters is 1. The zero-order valence-electron chi connectivity index (χ0n) is 10.6. The molecule has 0 radical (unpaired) electrons. The second-order valence-electron chi connectivity index (χ2n) is 4.20. The Kier molecular flexibility index (Phi) is 9.68. The van der Waals surface area contributed by atoms with Crippen molar-refractivity contribution in [2.45, 2.75) is 58.3 Å². The minimum absolute atomic E-state index is 0.249. The summed E-state index contributed by atoms with van der Waals surface area (Å²) >= 11 is 0. The van der Waals surface area contributed by atoms with Crippen molar-refractivity contribution in [1.82, 2.24) is 0 Å². The van der Waals surface area contributed by atoms with E-state index in [1.165, 1.54) is 19.9 Å². The SMILES string of the molecule is CC(F)CCC/C=C/C(=O)OCCCC(C)F. The van der Waals surface area contributed by atoms with E-state index < -0.39 is 18.3 Å². The van der Waals surface area contributed by atoms with Crippen LogP contribution in [0.25, 0.3) is 0 Å². The summed E-state index contributed by atoms with van der Waals surface area (Å²) in [5, 5.41) is 0. The first kappa shape index (κ1) is 16.1. The van der Waals surface area contributed by atoms with E-state index in [4.69, 9.17) is 4.74 Å². The van der Waals surface area contributed by atoms with E-state index in [9.17, 15) is 13.6 Å². The largest absolute Gasteiger partial charge is 0.463 e. The molecule has 0 saturated heterocycles. The molecule has 0 spiro atoms. The fourth-order valence-electron chi connectivity index (χ4n) is 1.28. The van der Waals surface area contributed by atoms with Gasteiger partial charge in [0.05, 0.1) is 19.0 Å². The molecule has 0 fully saturated rings. The first-order chi connectivity index (χ1) is 8.02. The van der Waals surface area contributed by atoms with E-state index in [1.807, 2.05) is 0 Å². The Morgan fingerprint density at radius 1 is 1.18 bits per heavy atom. The molecule has 0 aliphatic rings. The lowest BCUT2D eigenvalue weighted by Gasteiger charge is -2.02. The lowest BCUT2D eigenvalue weighted by Crippen LogP contribution is -2.04. The Labute approximate surface area is 102 Å². The van der Waals surface area contributed by atoms with E-state index in [0.29, 0.717) is 25.7 Å². The van der Waals surface area contributed by atoms with E-state index in [2.05, 4.69) is 0 Å². The van der Waals surface area contributed by atoms with Crippen LogP contribution in [0.5, 0.6) is 0 Å². The molecule has 17 heavy (non-hydrogen) atoms. The Hall–Kier alpha value is -0.930. The van der Waals surface area contributed by atoms with Crippen LogP contribution in [-0.4, -0.2) is 24.9 Å². The van der Waals surface area contributed by atoms with Crippen LogP contribution in [0, 0.1) is 0 Å². The van der Waals surface area contributed by atoms with Crippen LogP contribution in [0.4, 0.5) is 8.78 Å². The third kappa shape index (κ3) is 13.0. The molecule has 4 heteroatoms. The summed E-state index contributed by atoms with van der Waals surface area (Å²) in [6.45, 7) is 3.25. The monoisotopic (exact) mass is 248 g/mol. The molecular weight excluding hydrogens is 226 g/mol. The van der Waals surface area contributed by atoms with Gasteiger partial charge < -0.3 is 4.74 Å². The van der Waals surface area contributed by atoms with Crippen molar-refractivity contribution in [3.63, 3.8) is 0 Å². The van der Waals surface area contributed by atoms with Crippen LogP contribution in [0.2, 0.25) is 0 Å². The van der Waals surface area contributed by atoms with Gasteiger partial charge in [-0.15, -0.1) is 0 Å². The number of carbonyl (C=O) groups is 1. The van der Waals surface area contributed by atoms with Gasteiger partial charge in [0.15, 0.2) is 0 Å². The molecule has 2 nitrogen and oxygen atoms in total. The van der Waals surface area contributed by atoms with Gasteiger partial charge in [-0.3, -0.25) is 0 Å². The maximum atomic E-state index is 12.4. The van der Waals surface area contributed by atoms with Gasteiger partial charge in [0.25, 0.3) is 0 Å². The van der Waals surface area contributed by atoms with Crippen LogP contribution in [-0.2, 0) is 9.53 Å². The normalized spacial score (nSPS) is 14.8. The summed E-state index contributed by atoms with van der Waals surface area (Å²) in [5.41, 5.74) is 0. The summed E-state index contributed by atoms with van der Waals surface area (Å²) in [6, 6.07) is 0. The van der Waals surface area contributed by atoms with Crippen molar-refractivity contribution in [3.05, 3.63) is 12.2 Å². The van der Waals surface area contributed by atoms with Crippen LogP contribution < -0.4 is 0 Å². The first-order valence-corrected chi connectivity index (χ1v) is 6.13. The number of hydrogen-bond acceptors (Lipinski definition) is 2. The van der Waals surface area contributed by atoms with Gasteiger partial charge in [0.1, 0.15) is 0 Å². The molecule has 0 aromatic carbocycles. The van der Waals surface area contributed by atoms with Crippen LogP contribution in [0.1, 0.15) is 46.0 Å². The van der Waals surface area contributed by atoms with Crippen LogP contribution in [0.15, 0.2) is 12.2 Å². The molecule has 100 valence electrons. The second kappa shape index (κ2) is 10.2. The predicted octanol–water partition coefficient (Wildman–Crippen LogP) is 3.75. The van der Waals surface area contributed by atoms with Crippen molar-refractivity contribution in [3.8, 4) is 0 Å². The fraction of sp³-hybridized carbons (Fsp3) is 0.769. The molecule has 0 aliphatic heterocycles.